The third-order valence-corrected chi connectivity index (χ3v) is 2.16. The lowest BCUT2D eigenvalue weighted by Gasteiger charge is -2.22. The van der Waals surface area contributed by atoms with Crippen molar-refractivity contribution < 1.29 is 4.74 Å². The summed E-state index contributed by atoms with van der Waals surface area (Å²) < 4.78 is 5.28. The highest BCUT2D eigenvalue weighted by Crippen LogP contribution is 2.09. The molecule has 0 amide bonds. The fourth-order valence-corrected chi connectivity index (χ4v) is 1.41. The maximum absolute atomic E-state index is 5.28. The number of hydrogen-bond donors (Lipinski definition) is 1. The Morgan fingerprint density at radius 2 is 1.93 bits per heavy atom. The molecule has 0 saturated carbocycles. The molecule has 1 saturated heterocycles. The van der Waals surface area contributed by atoms with Crippen LogP contribution in [-0.4, -0.2) is 25.8 Å². The molecule has 1 heterocycles. The Hall–Kier alpha value is -0.520. The van der Waals surface area contributed by atoms with Gasteiger partial charge in [0, 0.05) is 24.7 Å². The van der Waals surface area contributed by atoms with Crippen LogP contribution in [0.3, 0.4) is 0 Å². The van der Waals surface area contributed by atoms with Crippen LogP contribution in [0.4, 0.5) is 0 Å². The van der Waals surface area contributed by atoms with Gasteiger partial charge in [0.2, 0.25) is 0 Å². The van der Waals surface area contributed by atoms with Gasteiger partial charge in [-0.1, -0.05) is 11.8 Å². The average molecular weight is 195 g/mol. The summed E-state index contributed by atoms with van der Waals surface area (Å²) in [6.45, 7) is 8.99. The lowest BCUT2D eigenvalue weighted by atomic mass is 9.98. The molecule has 1 N–H and O–H groups in total. The van der Waals surface area contributed by atoms with Crippen LogP contribution in [0.2, 0.25) is 0 Å². The minimum absolute atomic E-state index is 0.122. The summed E-state index contributed by atoms with van der Waals surface area (Å²) >= 11 is 0. The van der Waals surface area contributed by atoms with Crippen LogP contribution in [-0.2, 0) is 4.74 Å². The van der Waals surface area contributed by atoms with E-state index >= 15 is 0 Å². The monoisotopic (exact) mass is 195 g/mol. The first kappa shape index (κ1) is 11.6. The molecule has 0 unspecified atom stereocenters. The Morgan fingerprint density at radius 3 is 2.50 bits per heavy atom. The van der Waals surface area contributed by atoms with Gasteiger partial charge in [0.1, 0.15) is 0 Å². The third kappa shape index (κ3) is 5.26. The molecule has 0 radical (unpaired) electrons. The second kappa shape index (κ2) is 5.38. The smallest absolute Gasteiger partial charge is 0.0578 e. The lowest BCUT2D eigenvalue weighted by molar-refractivity contribution is 0.0790. The van der Waals surface area contributed by atoms with Crippen molar-refractivity contribution in [2.24, 2.45) is 5.41 Å². The molecular weight excluding hydrogens is 174 g/mol. The highest BCUT2D eigenvalue weighted by atomic mass is 16.5. The number of nitrogens with one attached hydrogen (secondary N) is 1. The normalized spacial score (nSPS) is 18.8. The molecule has 2 heteroatoms. The van der Waals surface area contributed by atoms with Gasteiger partial charge in [0.05, 0.1) is 6.54 Å². The quantitative estimate of drug-likeness (QED) is 0.678. The highest BCUT2D eigenvalue weighted by molar-refractivity contribution is 5.08. The summed E-state index contributed by atoms with van der Waals surface area (Å²) in [7, 11) is 0. The van der Waals surface area contributed by atoms with Gasteiger partial charge in [-0.05, 0) is 33.6 Å². The number of rotatable bonds is 2. The van der Waals surface area contributed by atoms with Gasteiger partial charge in [-0.3, -0.25) is 0 Å². The van der Waals surface area contributed by atoms with Crippen LogP contribution in [0.15, 0.2) is 0 Å². The second-order valence-corrected chi connectivity index (χ2v) is 4.82. The number of hydrogen-bond acceptors (Lipinski definition) is 2. The molecule has 2 nitrogen and oxygen atoms in total. The van der Waals surface area contributed by atoms with E-state index in [9.17, 15) is 0 Å². The second-order valence-electron chi connectivity index (χ2n) is 4.82. The van der Waals surface area contributed by atoms with E-state index in [0.29, 0.717) is 6.04 Å². The molecular formula is C12H21NO. The molecule has 1 fully saturated rings. The summed E-state index contributed by atoms with van der Waals surface area (Å²) in [5, 5.41) is 3.44. The Morgan fingerprint density at radius 1 is 1.29 bits per heavy atom. The van der Waals surface area contributed by atoms with Crippen molar-refractivity contribution in [2.45, 2.75) is 39.7 Å². The van der Waals surface area contributed by atoms with Gasteiger partial charge in [0.25, 0.3) is 0 Å². The van der Waals surface area contributed by atoms with E-state index in [4.69, 9.17) is 4.74 Å². The first-order chi connectivity index (χ1) is 6.58. The molecule has 80 valence electrons. The summed E-state index contributed by atoms with van der Waals surface area (Å²) in [4.78, 5) is 0. The van der Waals surface area contributed by atoms with Crippen molar-refractivity contribution in [3.8, 4) is 11.8 Å². The van der Waals surface area contributed by atoms with Crippen molar-refractivity contribution >= 4 is 0 Å². The molecule has 1 aliphatic heterocycles. The van der Waals surface area contributed by atoms with Crippen LogP contribution < -0.4 is 5.32 Å². The summed E-state index contributed by atoms with van der Waals surface area (Å²) in [5.41, 5.74) is 0.122. The summed E-state index contributed by atoms with van der Waals surface area (Å²) in [5.74, 6) is 6.39. The first-order valence-corrected chi connectivity index (χ1v) is 5.39. The van der Waals surface area contributed by atoms with Gasteiger partial charge < -0.3 is 10.1 Å². The zero-order valence-corrected chi connectivity index (χ0v) is 9.52. The molecule has 14 heavy (non-hydrogen) atoms. The van der Waals surface area contributed by atoms with Gasteiger partial charge in [-0.25, -0.2) is 0 Å². The molecule has 1 aliphatic rings. The van der Waals surface area contributed by atoms with Crippen LogP contribution in [0.25, 0.3) is 0 Å². The Labute approximate surface area is 87.4 Å². The van der Waals surface area contributed by atoms with E-state index in [1.165, 1.54) is 0 Å². The Kier molecular flexibility index (Phi) is 4.44. The largest absolute Gasteiger partial charge is 0.381 e. The highest BCUT2D eigenvalue weighted by Gasteiger charge is 2.11. The van der Waals surface area contributed by atoms with Crippen molar-refractivity contribution in [3.63, 3.8) is 0 Å². The predicted octanol–water partition coefficient (Wildman–Crippen LogP) is 1.80. The third-order valence-electron chi connectivity index (χ3n) is 2.16. The Balaban J connectivity index is 2.16. The molecule has 0 aromatic carbocycles. The van der Waals surface area contributed by atoms with Crippen molar-refractivity contribution in [2.75, 3.05) is 19.8 Å². The fourth-order valence-electron chi connectivity index (χ4n) is 1.41. The van der Waals surface area contributed by atoms with E-state index in [1.54, 1.807) is 0 Å². The topological polar surface area (TPSA) is 21.3 Å². The molecule has 1 rings (SSSR count). The molecule has 0 bridgehead atoms. The van der Waals surface area contributed by atoms with E-state index in [2.05, 4.69) is 37.9 Å². The summed E-state index contributed by atoms with van der Waals surface area (Å²) in [6, 6.07) is 0.609. The van der Waals surface area contributed by atoms with Crippen LogP contribution in [0, 0.1) is 17.3 Å². The van der Waals surface area contributed by atoms with Gasteiger partial charge >= 0.3 is 0 Å². The standard InChI is InChI=1S/C12H21NO/c1-12(2,3)7-4-8-13-11-5-9-14-10-6-11/h11,13H,5-6,8-10H2,1-3H3. The maximum Gasteiger partial charge on any atom is 0.0578 e. The van der Waals surface area contributed by atoms with Gasteiger partial charge in [0.15, 0.2) is 0 Å². The molecule has 0 aromatic heterocycles. The van der Waals surface area contributed by atoms with Crippen LogP contribution in [0.5, 0.6) is 0 Å². The van der Waals surface area contributed by atoms with Crippen molar-refractivity contribution in [1.82, 2.24) is 5.32 Å². The minimum atomic E-state index is 0.122. The minimum Gasteiger partial charge on any atom is -0.381 e. The van der Waals surface area contributed by atoms with E-state index in [0.717, 1.165) is 32.6 Å². The SMILES string of the molecule is CC(C)(C)C#CCNC1CCOCC1. The van der Waals surface area contributed by atoms with E-state index in [1.807, 2.05) is 0 Å². The van der Waals surface area contributed by atoms with E-state index < -0.39 is 0 Å². The predicted molar refractivity (Wildman–Crippen MR) is 59.1 cm³/mol. The van der Waals surface area contributed by atoms with Crippen molar-refractivity contribution in [3.05, 3.63) is 0 Å². The average Bonchev–Trinajstić information content (AvgIpc) is 2.13. The summed E-state index contributed by atoms with van der Waals surface area (Å²) in [6.07, 6.45) is 2.24. The Bertz CT molecular complexity index is 213. The molecule has 0 aliphatic carbocycles. The van der Waals surface area contributed by atoms with Crippen molar-refractivity contribution in [1.29, 1.82) is 0 Å². The van der Waals surface area contributed by atoms with Gasteiger partial charge in [-0.2, -0.15) is 0 Å². The molecule has 0 spiro atoms. The maximum atomic E-state index is 5.28. The molecule has 0 aromatic rings. The van der Waals surface area contributed by atoms with Crippen LogP contribution >= 0.6 is 0 Å². The first-order valence-electron chi connectivity index (χ1n) is 5.39. The number of ether oxygens (including phenoxy) is 1. The van der Waals surface area contributed by atoms with Gasteiger partial charge in [-0.15, -0.1) is 0 Å². The zero-order valence-electron chi connectivity index (χ0n) is 9.52. The lowest BCUT2D eigenvalue weighted by Crippen LogP contribution is -2.34. The fraction of sp³-hybridized carbons (Fsp3) is 0.833. The zero-order chi connectivity index (χ0) is 10.4. The molecule has 0 atom stereocenters. The van der Waals surface area contributed by atoms with E-state index in [-0.39, 0.29) is 5.41 Å². The van der Waals surface area contributed by atoms with Crippen LogP contribution in [0.1, 0.15) is 33.6 Å².